The third kappa shape index (κ3) is 6.71. The van der Waals surface area contributed by atoms with Crippen molar-refractivity contribution in [2.24, 2.45) is 0 Å². The maximum Gasteiger partial charge on any atom is 0.244 e. The predicted molar refractivity (Wildman–Crippen MR) is 125 cm³/mol. The zero-order valence-electron chi connectivity index (χ0n) is 19.2. The lowest BCUT2D eigenvalue weighted by Crippen LogP contribution is -2.51. The van der Waals surface area contributed by atoms with Crippen LogP contribution in [-0.4, -0.2) is 57.6 Å². The van der Waals surface area contributed by atoms with E-state index in [2.05, 4.69) is 5.32 Å². The van der Waals surface area contributed by atoms with Crippen molar-refractivity contribution in [1.29, 1.82) is 0 Å². The van der Waals surface area contributed by atoms with E-state index in [1.54, 1.807) is 69.5 Å². The van der Waals surface area contributed by atoms with Crippen LogP contribution < -0.4 is 14.4 Å². The van der Waals surface area contributed by atoms with Crippen LogP contribution in [0.25, 0.3) is 0 Å². The molecule has 9 heteroatoms. The SMILES string of the molecule is CCNC(=O)[C@@H](C)N(Cc1ccc(OC)cc1)C(=O)CN(c1ccc(C)cc1)S(C)(=O)=O. The molecule has 0 aliphatic carbocycles. The van der Waals surface area contributed by atoms with Crippen molar-refractivity contribution in [3.05, 3.63) is 59.7 Å². The maximum absolute atomic E-state index is 13.3. The molecule has 0 spiro atoms. The molecule has 0 unspecified atom stereocenters. The number of nitrogens with zero attached hydrogens (tertiary/aromatic N) is 2. The van der Waals surface area contributed by atoms with Gasteiger partial charge in [-0.15, -0.1) is 0 Å². The highest BCUT2D eigenvalue weighted by Crippen LogP contribution is 2.20. The predicted octanol–water partition coefficient (Wildman–Crippen LogP) is 2.32. The van der Waals surface area contributed by atoms with E-state index in [9.17, 15) is 18.0 Å². The molecule has 0 heterocycles. The molecule has 32 heavy (non-hydrogen) atoms. The number of anilines is 1. The van der Waals surface area contributed by atoms with Gasteiger partial charge in [0.15, 0.2) is 0 Å². The van der Waals surface area contributed by atoms with E-state index in [-0.39, 0.29) is 12.5 Å². The van der Waals surface area contributed by atoms with Gasteiger partial charge in [-0.05, 0) is 50.6 Å². The van der Waals surface area contributed by atoms with Crippen LogP contribution in [0.5, 0.6) is 5.75 Å². The number of methoxy groups -OCH3 is 1. The van der Waals surface area contributed by atoms with Crippen LogP contribution >= 0.6 is 0 Å². The lowest BCUT2D eigenvalue weighted by atomic mass is 10.1. The summed E-state index contributed by atoms with van der Waals surface area (Å²) in [6.45, 7) is 5.47. The molecule has 2 amide bonds. The first kappa shape index (κ1) is 25.2. The van der Waals surface area contributed by atoms with Crippen LogP contribution in [0.4, 0.5) is 5.69 Å². The van der Waals surface area contributed by atoms with Crippen molar-refractivity contribution in [2.45, 2.75) is 33.4 Å². The van der Waals surface area contributed by atoms with Gasteiger partial charge in [0.05, 0.1) is 19.1 Å². The Balaban J connectivity index is 2.35. The van der Waals surface area contributed by atoms with Crippen LogP contribution in [0, 0.1) is 6.92 Å². The number of aryl methyl sites for hydroxylation is 1. The third-order valence-electron chi connectivity index (χ3n) is 5.03. The number of carbonyl (C=O) groups is 2. The van der Waals surface area contributed by atoms with Crippen molar-refractivity contribution in [3.8, 4) is 5.75 Å². The second kappa shape index (κ2) is 11.0. The fourth-order valence-electron chi connectivity index (χ4n) is 3.16. The number of ether oxygens (including phenoxy) is 1. The maximum atomic E-state index is 13.3. The van der Waals surface area contributed by atoms with E-state index < -0.39 is 28.5 Å². The molecular formula is C23H31N3O5S. The lowest BCUT2D eigenvalue weighted by molar-refractivity contribution is -0.139. The summed E-state index contributed by atoms with van der Waals surface area (Å²) in [7, 11) is -2.17. The second-order valence-electron chi connectivity index (χ2n) is 7.55. The summed E-state index contributed by atoms with van der Waals surface area (Å²) in [6.07, 6.45) is 1.06. The highest BCUT2D eigenvalue weighted by atomic mass is 32.2. The second-order valence-corrected chi connectivity index (χ2v) is 9.45. The van der Waals surface area contributed by atoms with Crippen LogP contribution in [0.15, 0.2) is 48.5 Å². The Morgan fingerprint density at radius 3 is 2.16 bits per heavy atom. The van der Waals surface area contributed by atoms with E-state index in [4.69, 9.17) is 4.74 Å². The Hall–Kier alpha value is -3.07. The normalized spacial score (nSPS) is 12.0. The van der Waals surface area contributed by atoms with Gasteiger partial charge >= 0.3 is 0 Å². The summed E-state index contributed by atoms with van der Waals surface area (Å²) >= 11 is 0. The number of sulfonamides is 1. The highest BCUT2D eigenvalue weighted by Gasteiger charge is 2.29. The minimum atomic E-state index is -3.73. The largest absolute Gasteiger partial charge is 0.497 e. The summed E-state index contributed by atoms with van der Waals surface area (Å²) in [5.74, 6) is -0.118. The average Bonchev–Trinajstić information content (AvgIpc) is 2.75. The van der Waals surface area contributed by atoms with Gasteiger partial charge in [0.25, 0.3) is 0 Å². The molecule has 0 bridgehead atoms. The molecule has 2 rings (SSSR count). The molecule has 2 aromatic carbocycles. The van der Waals surface area contributed by atoms with E-state index >= 15 is 0 Å². The Kier molecular flexibility index (Phi) is 8.65. The summed E-state index contributed by atoms with van der Waals surface area (Å²) < 4.78 is 31.2. The zero-order valence-corrected chi connectivity index (χ0v) is 20.0. The number of hydrogen-bond donors (Lipinski definition) is 1. The summed E-state index contributed by atoms with van der Waals surface area (Å²) in [6, 6.07) is 13.2. The Morgan fingerprint density at radius 1 is 1.06 bits per heavy atom. The molecule has 2 aromatic rings. The molecule has 1 atom stereocenters. The molecule has 174 valence electrons. The van der Waals surface area contributed by atoms with E-state index in [1.807, 2.05) is 6.92 Å². The van der Waals surface area contributed by atoms with Gasteiger partial charge in [0, 0.05) is 13.1 Å². The number of nitrogens with one attached hydrogen (secondary N) is 1. The smallest absolute Gasteiger partial charge is 0.244 e. The van der Waals surface area contributed by atoms with Crippen LogP contribution in [0.3, 0.4) is 0 Å². The van der Waals surface area contributed by atoms with E-state index in [1.165, 1.54) is 4.90 Å². The zero-order chi connectivity index (χ0) is 23.9. The molecule has 1 N–H and O–H groups in total. The van der Waals surface area contributed by atoms with Gasteiger partial charge in [0.2, 0.25) is 21.8 Å². The molecule has 0 saturated heterocycles. The first-order chi connectivity index (χ1) is 15.1. The summed E-state index contributed by atoms with van der Waals surface area (Å²) in [5.41, 5.74) is 2.15. The van der Waals surface area contributed by atoms with Gasteiger partial charge < -0.3 is 15.0 Å². The standard InChI is InChI=1S/C23H31N3O5S/c1-6-24-23(28)18(3)25(15-19-9-13-21(31-4)14-10-19)22(27)16-26(32(5,29)30)20-11-7-17(2)8-12-20/h7-14,18H,6,15-16H2,1-5H3,(H,24,28)/t18-/m1/s1. The highest BCUT2D eigenvalue weighted by molar-refractivity contribution is 7.92. The van der Waals surface area contributed by atoms with Crippen molar-refractivity contribution in [1.82, 2.24) is 10.2 Å². The van der Waals surface area contributed by atoms with E-state index in [0.29, 0.717) is 18.0 Å². The first-order valence-electron chi connectivity index (χ1n) is 10.3. The molecular weight excluding hydrogens is 430 g/mol. The Morgan fingerprint density at radius 2 is 1.66 bits per heavy atom. The number of benzene rings is 2. The van der Waals surface area contributed by atoms with Gasteiger partial charge in [-0.3, -0.25) is 13.9 Å². The quantitative estimate of drug-likeness (QED) is 0.586. The minimum Gasteiger partial charge on any atom is -0.497 e. The molecule has 8 nitrogen and oxygen atoms in total. The Labute approximate surface area is 190 Å². The molecule has 0 aliphatic rings. The van der Waals surface area contributed by atoms with Crippen LogP contribution in [-0.2, 0) is 26.2 Å². The topological polar surface area (TPSA) is 96.0 Å². The molecule has 0 saturated carbocycles. The number of carbonyl (C=O) groups excluding carboxylic acids is 2. The van der Waals surface area contributed by atoms with Crippen LogP contribution in [0.2, 0.25) is 0 Å². The number of hydrogen-bond acceptors (Lipinski definition) is 5. The Bertz CT molecular complexity index is 1020. The molecule has 0 aromatic heterocycles. The van der Waals surface area contributed by atoms with Gasteiger partial charge in [-0.25, -0.2) is 8.42 Å². The monoisotopic (exact) mass is 461 g/mol. The fraction of sp³-hybridized carbons (Fsp3) is 0.391. The number of likely N-dealkylation sites (N-methyl/N-ethyl adjacent to an activating group) is 1. The fourth-order valence-corrected chi connectivity index (χ4v) is 4.01. The first-order valence-corrected chi connectivity index (χ1v) is 12.2. The lowest BCUT2D eigenvalue weighted by Gasteiger charge is -2.31. The third-order valence-corrected chi connectivity index (χ3v) is 6.17. The van der Waals surface area contributed by atoms with Crippen molar-refractivity contribution >= 4 is 27.5 Å². The minimum absolute atomic E-state index is 0.145. The van der Waals surface area contributed by atoms with Crippen molar-refractivity contribution in [3.63, 3.8) is 0 Å². The van der Waals surface area contributed by atoms with Crippen LogP contribution in [0.1, 0.15) is 25.0 Å². The molecule has 0 fully saturated rings. The average molecular weight is 462 g/mol. The molecule has 0 aliphatic heterocycles. The van der Waals surface area contributed by atoms with Gasteiger partial charge in [0.1, 0.15) is 18.3 Å². The van der Waals surface area contributed by atoms with Crippen molar-refractivity contribution in [2.75, 3.05) is 30.8 Å². The van der Waals surface area contributed by atoms with Gasteiger partial charge in [-0.2, -0.15) is 0 Å². The summed E-state index contributed by atoms with van der Waals surface area (Å²) in [4.78, 5) is 27.2. The molecule has 0 radical (unpaired) electrons. The van der Waals surface area contributed by atoms with Crippen molar-refractivity contribution < 1.29 is 22.7 Å². The van der Waals surface area contributed by atoms with Gasteiger partial charge in [-0.1, -0.05) is 29.8 Å². The van der Waals surface area contributed by atoms with E-state index in [0.717, 1.165) is 21.7 Å². The summed E-state index contributed by atoms with van der Waals surface area (Å²) in [5, 5.41) is 2.72. The number of rotatable bonds is 10. The number of amides is 2.